The number of phosphoric ester groups is 1. The van der Waals surface area contributed by atoms with E-state index in [4.69, 9.17) is 19.1 Å². The molecule has 0 radical (unpaired) electrons. The van der Waals surface area contributed by atoms with E-state index in [1.807, 2.05) is 0 Å². The average molecular weight is 763 g/mol. The number of rotatable bonds is 40. The van der Waals surface area contributed by atoms with E-state index in [9.17, 15) is 24.2 Å². The number of unbranched alkanes of at least 4 members (excludes halogenated alkanes) is 24. The molecule has 0 bridgehead atoms. The molecule has 0 aromatic rings. The number of phosphoric acid groups is 1. The van der Waals surface area contributed by atoms with Gasteiger partial charge in [-0.15, -0.1) is 0 Å². The molecule has 0 saturated heterocycles. The first-order valence-corrected chi connectivity index (χ1v) is 22.6. The second kappa shape index (κ2) is 38.0. The van der Waals surface area contributed by atoms with Crippen molar-refractivity contribution in [3.63, 3.8) is 0 Å². The fourth-order valence-electron chi connectivity index (χ4n) is 5.87. The van der Waals surface area contributed by atoms with Crippen molar-refractivity contribution in [1.82, 2.24) is 0 Å². The van der Waals surface area contributed by atoms with Crippen LogP contribution in [0.15, 0.2) is 12.2 Å². The number of ether oxygens (including phenoxy) is 2. The van der Waals surface area contributed by atoms with Gasteiger partial charge in [-0.25, -0.2) is 4.57 Å². The molecule has 0 amide bonds. The quantitative estimate of drug-likeness (QED) is 0.0238. The summed E-state index contributed by atoms with van der Waals surface area (Å²) >= 11 is 0. The molecular weight excluding hydrogens is 683 g/mol. The lowest BCUT2D eigenvalue weighted by Gasteiger charge is -2.20. The monoisotopic (exact) mass is 763 g/mol. The van der Waals surface area contributed by atoms with Gasteiger partial charge in [-0.3, -0.25) is 18.6 Å². The average Bonchev–Trinajstić information content (AvgIpc) is 3.13. The van der Waals surface area contributed by atoms with Crippen molar-refractivity contribution in [2.45, 2.75) is 212 Å². The molecule has 11 heteroatoms. The summed E-state index contributed by atoms with van der Waals surface area (Å²) in [6, 6.07) is 0. The fourth-order valence-corrected chi connectivity index (χ4v) is 6.66. The van der Waals surface area contributed by atoms with E-state index in [0.29, 0.717) is 12.8 Å². The van der Waals surface area contributed by atoms with Crippen LogP contribution in [-0.2, 0) is 32.7 Å². The van der Waals surface area contributed by atoms with Gasteiger partial charge in [0.2, 0.25) is 0 Å². The molecule has 0 saturated carbocycles. The molecule has 0 aromatic carbocycles. The highest BCUT2D eigenvalue weighted by Crippen LogP contribution is 2.43. The Labute approximate surface area is 317 Å². The van der Waals surface area contributed by atoms with Gasteiger partial charge < -0.3 is 24.6 Å². The van der Waals surface area contributed by atoms with Crippen LogP contribution in [0.2, 0.25) is 0 Å². The van der Waals surface area contributed by atoms with E-state index in [0.717, 1.165) is 57.8 Å². The normalized spacial score (nSPS) is 14.0. The minimum Gasteiger partial charge on any atom is -0.462 e. The van der Waals surface area contributed by atoms with Crippen LogP contribution in [0.25, 0.3) is 0 Å². The number of esters is 2. The van der Waals surface area contributed by atoms with Gasteiger partial charge in [0.25, 0.3) is 0 Å². The van der Waals surface area contributed by atoms with E-state index in [1.165, 1.54) is 103 Å². The van der Waals surface area contributed by atoms with E-state index < -0.39 is 51.8 Å². The molecule has 3 N–H and O–H groups in total. The topological polar surface area (TPSA) is 149 Å². The highest BCUT2D eigenvalue weighted by atomic mass is 31.2. The van der Waals surface area contributed by atoms with Crippen LogP contribution in [0.1, 0.15) is 200 Å². The van der Waals surface area contributed by atoms with Crippen molar-refractivity contribution in [2.24, 2.45) is 0 Å². The van der Waals surface area contributed by atoms with Gasteiger partial charge in [0.05, 0.1) is 19.8 Å². The molecular formula is C41H79O10P. The summed E-state index contributed by atoms with van der Waals surface area (Å²) in [4.78, 5) is 34.9. The SMILES string of the molecule is CCCCCCC/C=C\CCCCCCCC(=O)OC(COC(=O)CCCCCCCCCCCCCCCCC)COP(=O)(O)OCC(O)CO. The zero-order valence-corrected chi connectivity index (χ0v) is 34.2. The number of aliphatic hydroxyl groups is 2. The van der Waals surface area contributed by atoms with Crippen molar-refractivity contribution in [3.05, 3.63) is 12.2 Å². The molecule has 0 fully saturated rings. The standard InChI is InChI=1S/C41H79O10P/c1-3-5-7-9-11-13-15-17-19-21-22-24-26-28-30-32-40(44)48-36-39(37-50-52(46,47)49-35-38(43)34-42)51-41(45)33-31-29-27-25-23-20-18-16-14-12-10-8-6-4-2/h16,18,38-39,42-43H,3-15,17,19-37H2,1-2H3,(H,46,47)/b18-16-. The smallest absolute Gasteiger partial charge is 0.462 e. The zero-order valence-electron chi connectivity index (χ0n) is 33.3. The first-order chi connectivity index (χ1) is 25.2. The lowest BCUT2D eigenvalue weighted by atomic mass is 10.0. The third kappa shape index (κ3) is 37.0. The molecule has 3 unspecified atom stereocenters. The highest BCUT2D eigenvalue weighted by Gasteiger charge is 2.27. The molecule has 0 heterocycles. The number of hydrogen-bond donors (Lipinski definition) is 3. The molecule has 0 aliphatic carbocycles. The van der Waals surface area contributed by atoms with Gasteiger partial charge >= 0.3 is 19.8 Å². The number of hydrogen-bond acceptors (Lipinski definition) is 9. The number of carbonyl (C=O) groups is 2. The van der Waals surface area contributed by atoms with Crippen LogP contribution in [0, 0.1) is 0 Å². The number of aliphatic hydroxyl groups excluding tert-OH is 2. The Morgan fingerprint density at radius 1 is 0.558 bits per heavy atom. The van der Waals surface area contributed by atoms with Crippen LogP contribution in [0.5, 0.6) is 0 Å². The van der Waals surface area contributed by atoms with Gasteiger partial charge in [-0.2, -0.15) is 0 Å². The van der Waals surface area contributed by atoms with Crippen molar-refractivity contribution in [2.75, 3.05) is 26.4 Å². The lowest BCUT2D eigenvalue weighted by molar-refractivity contribution is -0.161. The van der Waals surface area contributed by atoms with Gasteiger partial charge in [0.15, 0.2) is 6.10 Å². The number of carbonyl (C=O) groups excluding carboxylic acids is 2. The predicted molar refractivity (Wildman–Crippen MR) is 210 cm³/mol. The summed E-state index contributed by atoms with van der Waals surface area (Å²) in [5, 5.41) is 18.3. The van der Waals surface area contributed by atoms with E-state index in [-0.39, 0.29) is 19.4 Å². The molecule has 0 aliphatic rings. The van der Waals surface area contributed by atoms with Crippen molar-refractivity contribution >= 4 is 19.8 Å². The van der Waals surface area contributed by atoms with Gasteiger partial charge in [0, 0.05) is 12.8 Å². The fraction of sp³-hybridized carbons (Fsp3) is 0.902. The molecule has 0 aliphatic heterocycles. The summed E-state index contributed by atoms with van der Waals surface area (Å²) in [6.45, 7) is 2.38. The minimum absolute atomic E-state index is 0.178. The van der Waals surface area contributed by atoms with Crippen LogP contribution >= 0.6 is 7.82 Å². The largest absolute Gasteiger partial charge is 0.472 e. The Kier molecular flexibility index (Phi) is 37.1. The summed E-state index contributed by atoms with van der Waals surface area (Å²) in [5.41, 5.74) is 0. The molecule has 308 valence electrons. The van der Waals surface area contributed by atoms with Crippen molar-refractivity contribution in [3.8, 4) is 0 Å². The molecule has 0 spiro atoms. The van der Waals surface area contributed by atoms with Crippen LogP contribution < -0.4 is 0 Å². The van der Waals surface area contributed by atoms with Crippen LogP contribution in [-0.4, -0.2) is 65.7 Å². The van der Waals surface area contributed by atoms with E-state index in [2.05, 4.69) is 30.5 Å². The summed E-state index contributed by atoms with van der Waals surface area (Å²) in [7, 11) is -4.61. The molecule has 52 heavy (non-hydrogen) atoms. The minimum atomic E-state index is -4.61. The summed E-state index contributed by atoms with van der Waals surface area (Å²) in [5.74, 6) is -0.926. The van der Waals surface area contributed by atoms with E-state index in [1.54, 1.807) is 0 Å². The highest BCUT2D eigenvalue weighted by molar-refractivity contribution is 7.47. The lowest BCUT2D eigenvalue weighted by Crippen LogP contribution is -2.29. The summed E-state index contributed by atoms with van der Waals surface area (Å²) in [6.07, 6.45) is 34.6. The van der Waals surface area contributed by atoms with Crippen molar-refractivity contribution in [1.29, 1.82) is 0 Å². The third-order valence-corrected chi connectivity index (χ3v) is 10.1. The Hall–Kier alpha value is -1.29. The Morgan fingerprint density at radius 3 is 1.38 bits per heavy atom. The maximum Gasteiger partial charge on any atom is 0.472 e. The second-order valence-electron chi connectivity index (χ2n) is 14.4. The van der Waals surface area contributed by atoms with E-state index >= 15 is 0 Å². The van der Waals surface area contributed by atoms with Gasteiger partial charge in [-0.05, 0) is 38.5 Å². The molecule has 0 rings (SSSR count). The van der Waals surface area contributed by atoms with Crippen molar-refractivity contribution < 1.29 is 47.8 Å². The number of allylic oxidation sites excluding steroid dienone is 2. The first kappa shape index (κ1) is 50.7. The Morgan fingerprint density at radius 2 is 0.942 bits per heavy atom. The van der Waals surface area contributed by atoms with Gasteiger partial charge in [0.1, 0.15) is 12.7 Å². The third-order valence-electron chi connectivity index (χ3n) is 9.17. The maximum atomic E-state index is 12.6. The van der Waals surface area contributed by atoms with Gasteiger partial charge in [-0.1, -0.05) is 161 Å². The van der Waals surface area contributed by atoms with Crippen LogP contribution in [0.4, 0.5) is 0 Å². The predicted octanol–water partition coefficient (Wildman–Crippen LogP) is 10.8. The first-order valence-electron chi connectivity index (χ1n) is 21.1. The molecule has 10 nitrogen and oxygen atoms in total. The second-order valence-corrected chi connectivity index (χ2v) is 15.8. The Balaban J connectivity index is 4.30. The summed E-state index contributed by atoms with van der Waals surface area (Å²) < 4.78 is 32.7. The maximum absolute atomic E-state index is 12.6. The molecule has 3 atom stereocenters. The van der Waals surface area contributed by atoms with Crippen LogP contribution in [0.3, 0.4) is 0 Å². The molecule has 0 aromatic heterocycles. The Bertz CT molecular complexity index is 884. The zero-order chi connectivity index (χ0) is 38.4.